The van der Waals surface area contributed by atoms with E-state index in [1.54, 1.807) is 12.1 Å². The maximum atomic E-state index is 13.0. The number of ether oxygens (including phenoxy) is 1. The zero-order valence-corrected chi connectivity index (χ0v) is 23.2. The summed E-state index contributed by atoms with van der Waals surface area (Å²) in [7, 11) is -4.89. The number of oxime groups is 1. The van der Waals surface area contributed by atoms with E-state index in [1.807, 2.05) is 0 Å². The zero-order chi connectivity index (χ0) is 30.5. The largest absolute Gasteiger partial charge is 0.489 e. The van der Waals surface area contributed by atoms with Crippen molar-refractivity contribution >= 4 is 56.3 Å². The second-order valence-electron chi connectivity index (χ2n) is 8.89. The van der Waals surface area contributed by atoms with Gasteiger partial charge in [0, 0.05) is 30.2 Å². The number of nitrogen functional groups attached to an aromatic ring is 1. The van der Waals surface area contributed by atoms with Crippen LogP contribution in [-0.4, -0.2) is 98.5 Å². The number of rotatable bonds is 13. The predicted molar refractivity (Wildman–Crippen MR) is 144 cm³/mol. The van der Waals surface area contributed by atoms with Gasteiger partial charge in [-0.3, -0.25) is 19.6 Å². The number of carbonyl (C=O) groups excluding carboxylic acids is 2. The predicted octanol–water partition coefficient (Wildman–Crippen LogP) is -1.84. The number of carboxylic acid groups (broad SMARTS) is 1. The molecule has 0 radical (unpaired) electrons. The number of nitrogens with one attached hydrogen (secondary N) is 3. The molecule has 1 aliphatic heterocycles. The Bertz CT molecular complexity index is 1460. The Morgan fingerprint density at radius 3 is 2.49 bits per heavy atom. The van der Waals surface area contributed by atoms with Crippen molar-refractivity contribution in [2.75, 3.05) is 25.4 Å². The van der Waals surface area contributed by atoms with Crippen LogP contribution in [0.1, 0.15) is 25.2 Å². The van der Waals surface area contributed by atoms with Crippen molar-refractivity contribution < 1.29 is 42.0 Å². The molecule has 20 heteroatoms. The molecular weight excluding hydrogens is 586 g/mol. The van der Waals surface area contributed by atoms with Gasteiger partial charge in [0.1, 0.15) is 24.2 Å². The van der Waals surface area contributed by atoms with Crippen LogP contribution in [0.4, 0.5) is 5.13 Å². The first-order valence-electron chi connectivity index (χ1n) is 11.6. The number of aliphatic carboxylic acids is 1. The number of amidine groups is 1. The average molecular weight is 614 g/mol. The monoisotopic (exact) mass is 613 g/mol. The fourth-order valence-corrected chi connectivity index (χ4v) is 5.04. The van der Waals surface area contributed by atoms with Gasteiger partial charge in [-0.25, -0.2) is 9.10 Å². The molecule has 2 atom stereocenters. The highest BCUT2D eigenvalue weighted by Crippen LogP contribution is 2.34. The van der Waals surface area contributed by atoms with Crippen LogP contribution in [0.2, 0.25) is 0 Å². The molecule has 2 heterocycles. The lowest BCUT2D eigenvalue weighted by molar-refractivity contribution is -0.152. The number of aromatic nitrogens is 2. The number of carboxylic acids is 1. The Morgan fingerprint density at radius 1 is 1.32 bits per heavy atom. The first kappa shape index (κ1) is 31.1. The van der Waals surface area contributed by atoms with Crippen LogP contribution in [0.15, 0.2) is 29.4 Å². The van der Waals surface area contributed by atoms with E-state index in [2.05, 4.69) is 25.1 Å². The molecule has 1 fully saturated rings. The Labute approximate surface area is 237 Å². The van der Waals surface area contributed by atoms with Gasteiger partial charge in [-0.15, -0.1) is 0 Å². The molecule has 2 amide bonds. The Kier molecular flexibility index (Phi) is 9.42. The minimum absolute atomic E-state index is 0.0639. The molecule has 3 rings (SSSR count). The van der Waals surface area contributed by atoms with Gasteiger partial charge in [-0.2, -0.15) is 17.8 Å². The lowest BCUT2D eigenvalue weighted by Gasteiger charge is -2.50. The minimum Gasteiger partial charge on any atom is -0.489 e. The number of nitrogens with two attached hydrogens (primary N) is 2. The summed E-state index contributed by atoms with van der Waals surface area (Å²) in [6, 6.07) is 4.74. The van der Waals surface area contributed by atoms with Crippen molar-refractivity contribution in [3.8, 4) is 5.75 Å². The van der Waals surface area contributed by atoms with E-state index in [9.17, 15) is 32.5 Å². The van der Waals surface area contributed by atoms with Crippen molar-refractivity contribution in [1.82, 2.24) is 24.3 Å². The van der Waals surface area contributed by atoms with Crippen LogP contribution in [-0.2, 0) is 29.5 Å². The van der Waals surface area contributed by atoms with E-state index < -0.39 is 58.1 Å². The zero-order valence-electron chi connectivity index (χ0n) is 21.6. The van der Waals surface area contributed by atoms with E-state index >= 15 is 0 Å². The van der Waals surface area contributed by atoms with E-state index in [0.717, 1.165) is 0 Å². The third kappa shape index (κ3) is 7.22. The van der Waals surface area contributed by atoms with E-state index in [0.29, 0.717) is 30.2 Å². The van der Waals surface area contributed by atoms with Gasteiger partial charge in [-0.05, 0) is 38.1 Å². The molecule has 41 heavy (non-hydrogen) atoms. The highest BCUT2D eigenvalue weighted by atomic mass is 32.2. The molecule has 0 saturated carbocycles. The van der Waals surface area contributed by atoms with E-state index in [4.69, 9.17) is 26.5 Å². The van der Waals surface area contributed by atoms with Gasteiger partial charge < -0.3 is 36.8 Å². The van der Waals surface area contributed by atoms with Crippen LogP contribution >= 0.6 is 11.5 Å². The molecule has 2 aromatic rings. The molecule has 1 saturated heterocycles. The summed E-state index contributed by atoms with van der Waals surface area (Å²) in [5.41, 5.74) is 9.32. The second kappa shape index (κ2) is 12.4. The van der Waals surface area contributed by atoms with Crippen molar-refractivity contribution in [2.45, 2.75) is 31.5 Å². The standard InChI is InChI=1S/C21H27N9O9S2/c1-21(2)14(18(32)30(21)41(35,36)37)26-17(31)13(16-27-20(24)40-29-16)28-39-12(19(33)34)9-38-11-5-3-10(4-6-11)15(23)25-8-7-22/h3-6,12,14H,7-9,22H2,1-2H3,(H2,23,25)(H,26,31)(H,33,34)(H2,24,27,29)(H,35,36,37)/b28-13-/t12-,14+/m0/s1. The Hall–Kier alpha value is -4.40. The summed E-state index contributed by atoms with van der Waals surface area (Å²) in [6.45, 7) is 2.77. The van der Waals surface area contributed by atoms with Gasteiger partial charge >= 0.3 is 16.3 Å². The molecule has 0 unspecified atom stereocenters. The molecule has 18 nitrogen and oxygen atoms in total. The molecule has 0 bridgehead atoms. The van der Waals surface area contributed by atoms with Crippen LogP contribution in [0.5, 0.6) is 5.75 Å². The highest BCUT2D eigenvalue weighted by molar-refractivity contribution is 7.84. The van der Waals surface area contributed by atoms with Crippen LogP contribution in [0.25, 0.3) is 0 Å². The van der Waals surface area contributed by atoms with Crippen molar-refractivity contribution in [1.29, 1.82) is 5.41 Å². The maximum Gasteiger partial charge on any atom is 0.362 e. The fourth-order valence-electron chi connectivity index (χ4n) is 3.57. The number of hydrogen-bond acceptors (Lipinski definition) is 14. The van der Waals surface area contributed by atoms with Gasteiger partial charge in [-0.1, -0.05) is 5.16 Å². The topological polar surface area (TPSA) is 286 Å². The lowest BCUT2D eigenvalue weighted by Crippen LogP contribution is -2.77. The number of β-lactam (4-membered cyclic amide) rings is 1. The third-order valence-electron chi connectivity index (χ3n) is 5.59. The number of amides is 2. The van der Waals surface area contributed by atoms with E-state index in [-0.39, 0.29) is 26.8 Å². The Morgan fingerprint density at radius 2 is 1.98 bits per heavy atom. The Balaban J connectivity index is 1.74. The molecule has 1 aromatic heterocycles. The summed E-state index contributed by atoms with van der Waals surface area (Å²) in [4.78, 5) is 46.0. The van der Waals surface area contributed by atoms with Gasteiger partial charge in [0.05, 0.1) is 5.54 Å². The molecule has 0 aliphatic carbocycles. The molecule has 1 aromatic carbocycles. The number of carbonyl (C=O) groups is 3. The summed E-state index contributed by atoms with van der Waals surface area (Å²) in [6.07, 6.45) is -1.73. The summed E-state index contributed by atoms with van der Waals surface area (Å²) >= 11 is 0.694. The molecule has 9 N–H and O–H groups in total. The van der Waals surface area contributed by atoms with Gasteiger partial charge in [0.25, 0.3) is 17.9 Å². The van der Waals surface area contributed by atoms with Gasteiger partial charge in [0.2, 0.25) is 11.5 Å². The summed E-state index contributed by atoms with van der Waals surface area (Å²) in [5.74, 6) is -3.70. The van der Waals surface area contributed by atoms with Crippen LogP contribution < -0.4 is 26.8 Å². The smallest absolute Gasteiger partial charge is 0.362 e. The first-order valence-corrected chi connectivity index (χ1v) is 13.8. The summed E-state index contributed by atoms with van der Waals surface area (Å²) < 4.78 is 41.8. The summed E-state index contributed by atoms with van der Waals surface area (Å²) in [5, 5.41) is 26.1. The average Bonchev–Trinajstić information content (AvgIpc) is 3.32. The van der Waals surface area contributed by atoms with Crippen LogP contribution in [0.3, 0.4) is 0 Å². The van der Waals surface area contributed by atoms with Gasteiger partial charge in [0.15, 0.2) is 5.13 Å². The SMILES string of the molecule is CC1(C)[C@H](NC(=O)/C(=N\O[C@@H](COc2ccc(C(=N)NCCN)cc2)C(=O)O)c2nsc(N)n2)C(=O)N1S(=O)(=O)O. The molecule has 222 valence electrons. The van der Waals surface area contributed by atoms with Crippen molar-refractivity contribution in [3.63, 3.8) is 0 Å². The fraction of sp³-hybridized carbons (Fsp3) is 0.381. The molecule has 1 aliphatic rings. The molecule has 0 spiro atoms. The van der Waals surface area contributed by atoms with Crippen LogP contribution in [0, 0.1) is 5.41 Å². The lowest BCUT2D eigenvalue weighted by atomic mass is 9.85. The molecular formula is C21H27N9O9S2. The number of anilines is 1. The quantitative estimate of drug-likeness (QED) is 0.0429. The highest BCUT2D eigenvalue weighted by Gasteiger charge is 2.60. The minimum atomic E-state index is -4.89. The van der Waals surface area contributed by atoms with Crippen molar-refractivity contribution in [3.05, 3.63) is 35.7 Å². The number of hydrogen-bond donors (Lipinski definition) is 7. The maximum absolute atomic E-state index is 13.0. The first-order chi connectivity index (χ1) is 19.2. The third-order valence-corrected chi connectivity index (χ3v) is 7.24. The number of benzene rings is 1. The number of nitrogens with zero attached hydrogens (tertiary/aromatic N) is 4. The van der Waals surface area contributed by atoms with Crippen molar-refractivity contribution in [2.24, 2.45) is 10.9 Å². The second-order valence-corrected chi connectivity index (χ2v) is 10.9. The normalized spacial score (nSPS) is 17.3. The van der Waals surface area contributed by atoms with E-state index in [1.165, 1.54) is 26.0 Å².